The van der Waals surface area contributed by atoms with Gasteiger partial charge in [-0.2, -0.15) is 0 Å². The van der Waals surface area contributed by atoms with Crippen molar-refractivity contribution in [2.75, 3.05) is 26.2 Å². The Balaban J connectivity index is 1.71. The molecule has 5 N–H and O–H groups in total. The maximum atomic E-state index is 10.6. The normalized spacial score (nSPS) is 15.9. The third kappa shape index (κ3) is 6.87. The van der Waals surface area contributed by atoms with Crippen LogP contribution in [-0.4, -0.2) is 43.1 Å². The first-order valence-corrected chi connectivity index (χ1v) is 8.44. The number of aliphatic imine (C=N–C) groups is 1. The number of carbonyl (C=O) groups excluding carboxylic acids is 1. The third-order valence-electron chi connectivity index (χ3n) is 3.86. The van der Waals surface area contributed by atoms with Crippen LogP contribution in [0.1, 0.15) is 31.2 Å². The molecule has 0 saturated carbocycles. The Hall–Kier alpha value is -2.28. The van der Waals surface area contributed by atoms with E-state index in [2.05, 4.69) is 27.3 Å². The van der Waals surface area contributed by atoms with E-state index in [1.165, 1.54) is 37.9 Å². The third-order valence-corrected chi connectivity index (χ3v) is 3.86. The molecule has 2 rings (SSSR count). The van der Waals surface area contributed by atoms with Gasteiger partial charge >= 0.3 is 6.03 Å². The summed E-state index contributed by atoms with van der Waals surface area (Å²) in [6.45, 7) is 4.37. The SMILES string of the molecule is NC(=O)NC(N)=NCCCOc1cccc(CN2CCCCC2)c1. The van der Waals surface area contributed by atoms with Crippen LogP contribution >= 0.6 is 0 Å². The number of guanidine groups is 1. The topological polar surface area (TPSA) is 106 Å². The van der Waals surface area contributed by atoms with Crippen LogP contribution in [0.3, 0.4) is 0 Å². The first kappa shape index (κ1) is 18.1. The highest BCUT2D eigenvalue weighted by Crippen LogP contribution is 2.17. The predicted octanol–water partition coefficient (Wildman–Crippen LogP) is 1.42. The van der Waals surface area contributed by atoms with Gasteiger partial charge in [0.1, 0.15) is 5.75 Å². The second-order valence-electron chi connectivity index (χ2n) is 5.94. The average molecular weight is 333 g/mol. The molecule has 0 unspecified atom stereocenters. The van der Waals surface area contributed by atoms with Crippen LogP contribution in [-0.2, 0) is 6.54 Å². The van der Waals surface area contributed by atoms with Crippen molar-refractivity contribution < 1.29 is 9.53 Å². The maximum Gasteiger partial charge on any atom is 0.318 e. The summed E-state index contributed by atoms with van der Waals surface area (Å²) in [4.78, 5) is 17.1. The molecule has 1 aromatic rings. The van der Waals surface area contributed by atoms with Gasteiger partial charge in [-0.15, -0.1) is 0 Å². The first-order chi connectivity index (χ1) is 11.6. The van der Waals surface area contributed by atoms with E-state index in [1.807, 2.05) is 12.1 Å². The molecule has 7 nitrogen and oxygen atoms in total. The number of benzene rings is 1. The van der Waals surface area contributed by atoms with Crippen molar-refractivity contribution in [2.24, 2.45) is 16.5 Å². The van der Waals surface area contributed by atoms with Crippen molar-refractivity contribution >= 4 is 12.0 Å². The molecule has 1 heterocycles. The molecule has 7 heteroatoms. The Morgan fingerprint density at radius 1 is 1.25 bits per heavy atom. The number of likely N-dealkylation sites (tertiary alicyclic amines) is 1. The predicted molar refractivity (Wildman–Crippen MR) is 94.9 cm³/mol. The van der Waals surface area contributed by atoms with Crippen LogP contribution < -0.4 is 21.5 Å². The summed E-state index contributed by atoms with van der Waals surface area (Å²) in [5.41, 5.74) is 11.7. The van der Waals surface area contributed by atoms with Crippen LogP contribution in [0.25, 0.3) is 0 Å². The minimum Gasteiger partial charge on any atom is -0.494 e. The quantitative estimate of drug-likeness (QED) is 0.398. The van der Waals surface area contributed by atoms with Gasteiger partial charge in [0.05, 0.1) is 6.61 Å². The zero-order valence-electron chi connectivity index (χ0n) is 14.0. The summed E-state index contributed by atoms with van der Waals surface area (Å²) in [6, 6.07) is 7.52. The lowest BCUT2D eigenvalue weighted by atomic mass is 10.1. The fourth-order valence-corrected chi connectivity index (χ4v) is 2.73. The average Bonchev–Trinajstić information content (AvgIpc) is 2.55. The molecule has 2 amide bonds. The number of urea groups is 1. The van der Waals surface area contributed by atoms with Crippen molar-refractivity contribution in [2.45, 2.75) is 32.2 Å². The molecule has 0 spiro atoms. The second kappa shape index (κ2) is 9.77. The van der Waals surface area contributed by atoms with Crippen LogP contribution in [0, 0.1) is 0 Å². The first-order valence-electron chi connectivity index (χ1n) is 8.44. The highest BCUT2D eigenvalue weighted by molar-refractivity contribution is 5.94. The fraction of sp³-hybridized carbons (Fsp3) is 0.529. The van der Waals surface area contributed by atoms with Gasteiger partial charge in [-0.1, -0.05) is 18.6 Å². The lowest BCUT2D eigenvalue weighted by Gasteiger charge is -2.26. The summed E-state index contributed by atoms with van der Waals surface area (Å²) >= 11 is 0. The number of primary amides is 1. The van der Waals surface area contributed by atoms with E-state index in [4.69, 9.17) is 16.2 Å². The van der Waals surface area contributed by atoms with Gasteiger partial charge in [-0.3, -0.25) is 15.2 Å². The van der Waals surface area contributed by atoms with E-state index >= 15 is 0 Å². The van der Waals surface area contributed by atoms with Crippen LogP contribution in [0.4, 0.5) is 4.79 Å². The van der Waals surface area contributed by atoms with Crippen LogP contribution in [0.15, 0.2) is 29.3 Å². The van der Waals surface area contributed by atoms with Crippen LogP contribution in [0.2, 0.25) is 0 Å². The van der Waals surface area contributed by atoms with E-state index in [0.29, 0.717) is 19.6 Å². The summed E-state index contributed by atoms with van der Waals surface area (Å²) < 4.78 is 5.76. The van der Waals surface area contributed by atoms with Gasteiger partial charge in [0.2, 0.25) is 0 Å². The van der Waals surface area contributed by atoms with Gasteiger partial charge in [0.25, 0.3) is 0 Å². The van der Waals surface area contributed by atoms with E-state index in [9.17, 15) is 4.79 Å². The van der Waals surface area contributed by atoms with E-state index in [0.717, 1.165) is 12.3 Å². The van der Waals surface area contributed by atoms with Crippen molar-refractivity contribution in [3.05, 3.63) is 29.8 Å². The monoisotopic (exact) mass is 333 g/mol. The second-order valence-corrected chi connectivity index (χ2v) is 5.94. The Labute approximate surface area is 143 Å². The molecule has 0 radical (unpaired) electrons. The molecule has 132 valence electrons. The number of ether oxygens (including phenoxy) is 1. The number of hydrogen-bond donors (Lipinski definition) is 3. The number of hydrogen-bond acceptors (Lipinski definition) is 4. The summed E-state index contributed by atoms with van der Waals surface area (Å²) in [6.07, 6.45) is 4.65. The minimum atomic E-state index is -0.710. The molecular weight excluding hydrogens is 306 g/mol. The molecule has 0 aromatic heterocycles. The molecule has 1 fully saturated rings. The summed E-state index contributed by atoms with van der Waals surface area (Å²) in [5, 5.41) is 2.22. The number of amides is 2. The van der Waals surface area contributed by atoms with E-state index in [-0.39, 0.29) is 5.96 Å². The number of nitrogens with one attached hydrogen (secondary N) is 1. The van der Waals surface area contributed by atoms with Crippen molar-refractivity contribution in [1.29, 1.82) is 0 Å². The smallest absolute Gasteiger partial charge is 0.318 e. The molecule has 24 heavy (non-hydrogen) atoms. The molecule has 1 aliphatic heterocycles. The van der Waals surface area contributed by atoms with E-state index in [1.54, 1.807) is 0 Å². The van der Waals surface area contributed by atoms with Gasteiger partial charge < -0.3 is 16.2 Å². The zero-order chi connectivity index (χ0) is 17.2. The lowest BCUT2D eigenvalue weighted by Crippen LogP contribution is -2.40. The number of rotatable bonds is 7. The van der Waals surface area contributed by atoms with Gasteiger partial charge in [-0.25, -0.2) is 4.79 Å². The summed E-state index contributed by atoms with van der Waals surface area (Å²) in [5.74, 6) is 0.905. The molecule has 1 aliphatic rings. The Kier molecular flexibility index (Phi) is 7.35. The fourth-order valence-electron chi connectivity index (χ4n) is 2.73. The Morgan fingerprint density at radius 2 is 2.04 bits per heavy atom. The van der Waals surface area contributed by atoms with Crippen molar-refractivity contribution in [3.8, 4) is 5.75 Å². The molecule has 1 saturated heterocycles. The van der Waals surface area contributed by atoms with Gasteiger partial charge in [0.15, 0.2) is 5.96 Å². The number of nitrogens with two attached hydrogens (primary N) is 2. The van der Waals surface area contributed by atoms with Gasteiger partial charge in [0, 0.05) is 19.5 Å². The number of piperidine rings is 1. The lowest BCUT2D eigenvalue weighted by molar-refractivity contribution is 0.220. The largest absolute Gasteiger partial charge is 0.494 e. The van der Waals surface area contributed by atoms with Gasteiger partial charge in [-0.05, 0) is 43.6 Å². The highest BCUT2D eigenvalue weighted by Gasteiger charge is 2.10. The number of carbonyl (C=O) groups is 1. The molecule has 0 bridgehead atoms. The molecule has 0 aliphatic carbocycles. The highest BCUT2D eigenvalue weighted by atomic mass is 16.5. The zero-order valence-corrected chi connectivity index (χ0v) is 14.0. The maximum absolute atomic E-state index is 10.6. The molecule has 0 atom stereocenters. The van der Waals surface area contributed by atoms with Crippen molar-refractivity contribution in [3.63, 3.8) is 0 Å². The molecule has 1 aromatic carbocycles. The van der Waals surface area contributed by atoms with Crippen molar-refractivity contribution in [1.82, 2.24) is 10.2 Å². The number of nitrogens with zero attached hydrogens (tertiary/aromatic N) is 2. The summed E-state index contributed by atoms with van der Waals surface area (Å²) in [7, 11) is 0. The van der Waals surface area contributed by atoms with Crippen LogP contribution in [0.5, 0.6) is 5.75 Å². The van der Waals surface area contributed by atoms with E-state index < -0.39 is 6.03 Å². The Bertz CT molecular complexity index is 556. The standard InChI is InChI=1S/C17H27N5O2/c18-16(21-17(19)23)20-8-5-11-24-15-7-4-6-14(12-15)13-22-9-2-1-3-10-22/h4,6-7,12H,1-3,5,8-11,13H2,(H5,18,19,20,21,23). The minimum absolute atomic E-state index is 0.0334. The molecular formula is C17H27N5O2. The Morgan fingerprint density at radius 3 is 2.79 bits per heavy atom.